The molecule has 4 rings (SSSR count). The quantitative estimate of drug-likeness (QED) is 0.512. The predicted octanol–water partition coefficient (Wildman–Crippen LogP) is 3.28. The molecule has 0 N–H and O–H groups in total. The molecule has 0 atom stereocenters. The van der Waals surface area contributed by atoms with Gasteiger partial charge >= 0.3 is 5.97 Å². The van der Waals surface area contributed by atoms with Crippen molar-refractivity contribution in [1.82, 2.24) is 24.6 Å². The molecule has 0 amide bonds. The maximum Gasteiger partial charge on any atom is 0.378 e. The zero-order valence-corrected chi connectivity index (χ0v) is 15.1. The van der Waals surface area contributed by atoms with E-state index in [1.807, 2.05) is 42.8 Å². The molecule has 4 aromatic heterocycles. The Kier molecular flexibility index (Phi) is 4.02. The minimum atomic E-state index is -0.590. The van der Waals surface area contributed by atoms with Gasteiger partial charge in [-0.1, -0.05) is 6.07 Å². The number of nitrogens with zero attached hydrogens (tertiary/aromatic N) is 5. The summed E-state index contributed by atoms with van der Waals surface area (Å²) in [4.78, 5) is 26.2. The van der Waals surface area contributed by atoms with E-state index in [0.717, 1.165) is 21.3 Å². The minimum Gasteiger partial charge on any atom is -0.453 e. The fraction of sp³-hybridized carbons (Fsp3) is 0.188. The highest BCUT2D eigenvalue weighted by atomic mass is 32.1. The summed E-state index contributed by atoms with van der Waals surface area (Å²) in [6.07, 6.45) is 0. The second kappa shape index (κ2) is 6.34. The Labute approximate surface area is 151 Å². The van der Waals surface area contributed by atoms with Crippen LogP contribution in [0.5, 0.6) is 0 Å². The molecule has 9 heteroatoms. The number of thiophene rings is 1. The first-order valence-corrected chi connectivity index (χ1v) is 9.22. The van der Waals surface area contributed by atoms with Gasteiger partial charge in [0.25, 0.3) is 11.6 Å². The van der Waals surface area contributed by atoms with Crippen molar-refractivity contribution in [2.75, 3.05) is 0 Å². The lowest BCUT2D eigenvalue weighted by Crippen LogP contribution is -2.08. The molecule has 0 aromatic carbocycles. The predicted molar refractivity (Wildman–Crippen MR) is 94.8 cm³/mol. The fourth-order valence-electron chi connectivity index (χ4n) is 2.34. The average molecular weight is 371 g/mol. The zero-order valence-electron chi connectivity index (χ0n) is 13.5. The van der Waals surface area contributed by atoms with Crippen molar-refractivity contribution in [3.63, 3.8) is 0 Å². The molecule has 126 valence electrons. The second-order valence-electron chi connectivity index (χ2n) is 5.38. The summed E-state index contributed by atoms with van der Waals surface area (Å²) >= 11 is 3.15. The van der Waals surface area contributed by atoms with Crippen LogP contribution in [-0.4, -0.2) is 30.5 Å². The van der Waals surface area contributed by atoms with Crippen LogP contribution < -0.4 is 0 Å². The number of aromatic nitrogens is 5. The highest BCUT2D eigenvalue weighted by Gasteiger charge is 2.17. The number of esters is 1. The Hall–Kier alpha value is -2.65. The lowest BCUT2D eigenvalue weighted by molar-refractivity contribution is 0.0454. The van der Waals surface area contributed by atoms with E-state index in [2.05, 4.69) is 20.1 Å². The number of rotatable bonds is 4. The van der Waals surface area contributed by atoms with Crippen molar-refractivity contribution in [3.05, 3.63) is 51.9 Å². The molecule has 25 heavy (non-hydrogen) atoms. The van der Waals surface area contributed by atoms with Crippen LogP contribution in [-0.2, 0) is 11.3 Å². The van der Waals surface area contributed by atoms with Crippen LogP contribution in [0, 0.1) is 13.8 Å². The maximum atomic E-state index is 12.2. The van der Waals surface area contributed by atoms with Crippen molar-refractivity contribution < 1.29 is 9.53 Å². The Balaban J connectivity index is 1.48. The van der Waals surface area contributed by atoms with Crippen LogP contribution in [0.1, 0.15) is 27.7 Å². The van der Waals surface area contributed by atoms with E-state index in [1.165, 1.54) is 15.9 Å². The summed E-state index contributed by atoms with van der Waals surface area (Å²) in [6.45, 7) is 3.83. The van der Waals surface area contributed by atoms with E-state index in [0.29, 0.717) is 11.5 Å². The number of carbonyl (C=O) groups is 1. The summed E-state index contributed by atoms with van der Waals surface area (Å²) in [5.41, 5.74) is 2.38. The molecule has 0 aliphatic rings. The van der Waals surface area contributed by atoms with Gasteiger partial charge in [-0.15, -0.1) is 27.8 Å². The molecular formula is C16H13N5O2S2. The Morgan fingerprint density at radius 3 is 2.92 bits per heavy atom. The number of ether oxygens (including phenoxy) is 1. The average Bonchev–Trinajstić information content (AvgIpc) is 3.31. The number of fused-ring (bicyclic) bond motifs is 1. The van der Waals surface area contributed by atoms with Gasteiger partial charge < -0.3 is 4.74 Å². The van der Waals surface area contributed by atoms with E-state index in [1.54, 1.807) is 11.3 Å². The monoisotopic (exact) mass is 371 g/mol. The largest absolute Gasteiger partial charge is 0.453 e. The van der Waals surface area contributed by atoms with E-state index in [-0.39, 0.29) is 12.4 Å². The first-order chi connectivity index (χ1) is 12.1. The third-order valence-corrected chi connectivity index (χ3v) is 5.37. The first kappa shape index (κ1) is 15.9. The Morgan fingerprint density at radius 2 is 2.12 bits per heavy atom. The molecule has 0 unspecified atom stereocenters. The lowest BCUT2D eigenvalue weighted by atomic mass is 10.4. The SMILES string of the molecule is Cc1cc(C)n2nc(C(=O)OCc3csc(-c4cccs4)n3)nc2n1. The standard InChI is InChI=1S/C16H13N5O2S2/c1-9-6-10(2)21-16(17-9)19-13(20-21)15(22)23-7-11-8-25-14(18-11)12-4-3-5-24-12/h3-6,8H,7H2,1-2H3. The van der Waals surface area contributed by atoms with Gasteiger partial charge in [-0.05, 0) is 31.4 Å². The smallest absolute Gasteiger partial charge is 0.378 e. The van der Waals surface area contributed by atoms with E-state index < -0.39 is 5.97 Å². The van der Waals surface area contributed by atoms with Gasteiger partial charge in [-0.3, -0.25) is 0 Å². The van der Waals surface area contributed by atoms with Crippen molar-refractivity contribution in [2.45, 2.75) is 20.5 Å². The maximum absolute atomic E-state index is 12.2. The molecule has 0 fully saturated rings. The molecular weight excluding hydrogens is 358 g/mol. The lowest BCUT2D eigenvalue weighted by Gasteiger charge is -1.98. The molecule has 0 aliphatic heterocycles. The minimum absolute atomic E-state index is 0.00471. The molecule has 0 aliphatic carbocycles. The fourth-order valence-corrected chi connectivity index (χ4v) is 3.96. The number of carbonyl (C=O) groups excluding carboxylic acids is 1. The number of hydrogen-bond acceptors (Lipinski definition) is 8. The van der Waals surface area contributed by atoms with E-state index in [9.17, 15) is 4.79 Å². The number of thiazole rings is 1. The number of hydrogen-bond donors (Lipinski definition) is 0. The van der Waals surface area contributed by atoms with Crippen LogP contribution in [0.15, 0.2) is 29.0 Å². The van der Waals surface area contributed by atoms with Crippen LogP contribution in [0.3, 0.4) is 0 Å². The second-order valence-corrected chi connectivity index (χ2v) is 7.19. The summed E-state index contributed by atoms with van der Waals surface area (Å²) < 4.78 is 6.82. The van der Waals surface area contributed by atoms with Gasteiger partial charge in [-0.2, -0.15) is 4.98 Å². The van der Waals surface area contributed by atoms with E-state index >= 15 is 0 Å². The van der Waals surface area contributed by atoms with Gasteiger partial charge in [-0.25, -0.2) is 19.3 Å². The van der Waals surface area contributed by atoms with Gasteiger partial charge in [0.15, 0.2) is 0 Å². The zero-order chi connectivity index (χ0) is 17.4. The molecule has 0 spiro atoms. The van der Waals surface area contributed by atoms with E-state index in [4.69, 9.17) is 4.74 Å². The van der Waals surface area contributed by atoms with Crippen molar-refractivity contribution in [2.24, 2.45) is 0 Å². The summed E-state index contributed by atoms with van der Waals surface area (Å²) in [7, 11) is 0. The topological polar surface area (TPSA) is 82.3 Å². The summed E-state index contributed by atoms with van der Waals surface area (Å²) in [6, 6.07) is 5.86. The van der Waals surface area contributed by atoms with Gasteiger partial charge in [0.1, 0.15) is 11.6 Å². The number of aryl methyl sites for hydroxylation is 2. The normalized spacial score (nSPS) is 11.1. The Morgan fingerprint density at radius 1 is 1.24 bits per heavy atom. The Bertz CT molecular complexity index is 1050. The highest BCUT2D eigenvalue weighted by Crippen LogP contribution is 2.27. The molecule has 0 saturated heterocycles. The van der Waals surface area contributed by atoms with Crippen molar-refractivity contribution in [1.29, 1.82) is 0 Å². The van der Waals surface area contributed by atoms with Crippen LogP contribution in [0.25, 0.3) is 15.7 Å². The molecule has 0 saturated carbocycles. The molecule has 4 aromatic rings. The van der Waals surface area contributed by atoms with Crippen LogP contribution >= 0.6 is 22.7 Å². The summed E-state index contributed by atoms with van der Waals surface area (Å²) in [5.74, 6) is -0.207. The van der Waals surface area contributed by atoms with Gasteiger partial charge in [0.05, 0.1) is 10.6 Å². The third-order valence-electron chi connectivity index (χ3n) is 3.44. The van der Waals surface area contributed by atoms with Crippen molar-refractivity contribution >= 4 is 34.4 Å². The summed E-state index contributed by atoms with van der Waals surface area (Å²) in [5, 5.41) is 8.97. The molecule has 0 bridgehead atoms. The highest BCUT2D eigenvalue weighted by molar-refractivity contribution is 7.20. The van der Waals surface area contributed by atoms with Crippen molar-refractivity contribution in [3.8, 4) is 9.88 Å². The van der Waals surface area contributed by atoms with Gasteiger partial charge in [0, 0.05) is 16.8 Å². The molecule has 4 heterocycles. The van der Waals surface area contributed by atoms with Crippen LogP contribution in [0.4, 0.5) is 0 Å². The van der Waals surface area contributed by atoms with Crippen LogP contribution in [0.2, 0.25) is 0 Å². The van der Waals surface area contributed by atoms with Gasteiger partial charge in [0.2, 0.25) is 0 Å². The first-order valence-electron chi connectivity index (χ1n) is 7.46. The molecule has 7 nitrogen and oxygen atoms in total. The molecule has 0 radical (unpaired) electrons. The third kappa shape index (κ3) is 3.15.